The van der Waals surface area contributed by atoms with Crippen LogP contribution >= 0.6 is 0 Å². The molecule has 0 radical (unpaired) electrons. The highest BCUT2D eigenvalue weighted by Gasteiger charge is 2.29. The molecule has 4 N–H and O–H groups in total. The molecule has 4 rings (SSSR count). The minimum Gasteiger partial charge on any atom is -0.508 e. The summed E-state index contributed by atoms with van der Waals surface area (Å²) in [7, 11) is 0. The predicted octanol–water partition coefficient (Wildman–Crippen LogP) is 2.35. The van der Waals surface area contributed by atoms with Gasteiger partial charge in [0, 0.05) is 17.1 Å². The van der Waals surface area contributed by atoms with E-state index in [1.165, 1.54) is 0 Å². The van der Waals surface area contributed by atoms with Crippen molar-refractivity contribution in [1.29, 1.82) is 0 Å². The molecule has 1 aromatic heterocycles. The first-order valence-corrected chi connectivity index (χ1v) is 9.67. The van der Waals surface area contributed by atoms with Gasteiger partial charge in [-0.05, 0) is 43.2 Å². The van der Waals surface area contributed by atoms with Crippen LogP contribution in [0.3, 0.4) is 0 Å². The molecule has 2 unspecified atom stereocenters. The van der Waals surface area contributed by atoms with E-state index in [0.717, 1.165) is 22.2 Å². The number of nitrogens with zero attached hydrogens (tertiary/aromatic N) is 1. The van der Waals surface area contributed by atoms with E-state index in [1.54, 1.807) is 12.1 Å². The molecular weight excluding hydrogens is 368 g/mol. The summed E-state index contributed by atoms with van der Waals surface area (Å²) in [6, 6.07) is 16.5. The van der Waals surface area contributed by atoms with Gasteiger partial charge in [-0.3, -0.25) is 4.79 Å². The van der Waals surface area contributed by atoms with E-state index in [1.807, 2.05) is 49.4 Å². The standard InChI is InChI=1S/C22H24N4O3/c1-14-5-6-16-3-2-4-20(21(16)24-14)29-12-11-23-22(28)19-13-18(25-26-19)15-7-9-17(27)10-8-15/h2-10,18-19,25-27H,11-13H2,1H3,(H,23,28). The number of aryl methyl sites for hydroxylation is 1. The highest BCUT2D eigenvalue weighted by molar-refractivity contribution is 5.84. The number of carbonyl (C=O) groups excluding carboxylic acids is 1. The van der Waals surface area contributed by atoms with Crippen LogP contribution in [0.25, 0.3) is 10.9 Å². The van der Waals surface area contributed by atoms with E-state index >= 15 is 0 Å². The van der Waals surface area contributed by atoms with E-state index in [4.69, 9.17) is 4.74 Å². The molecule has 0 bridgehead atoms. The van der Waals surface area contributed by atoms with Crippen LogP contribution in [0.5, 0.6) is 11.5 Å². The van der Waals surface area contributed by atoms with E-state index in [9.17, 15) is 9.90 Å². The number of hydrogen-bond donors (Lipinski definition) is 4. The fourth-order valence-corrected chi connectivity index (χ4v) is 3.45. The molecule has 29 heavy (non-hydrogen) atoms. The number of aromatic hydroxyl groups is 1. The SMILES string of the molecule is Cc1ccc2cccc(OCCNC(=O)C3CC(c4ccc(O)cc4)NN3)c2n1. The number of pyridine rings is 1. The maximum atomic E-state index is 12.4. The van der Waals surface area contributed by atoms with Gasteiger partial charge >= 0.3 is 0 Å². The lowest BCUT2D eigenvalue weighted by atomic mass is 10.0. The highest BCUT2D eigenvalue weighted by atomic mass is 16.5. The Balaban J connectivity index is 1.27. The average Bonchev–Trinajstić information content (AvgIpc) is 3.22. The maximum Gasteiger partial charge on any atom is 0.238 e. The third-order valence-corrected chi connectivity index (χ3v) is 5.00. The molecule has 1 aliphatic rings. The number of nitrogens with one attached hydrogen (secondary N) is 3. The number of amides is 1. The first kappa shape index (κ1) is 19.2. The van der Waals surface area contributed by atoms with Crippen LogP contribution in [0.2, 0.25) is 0 Å². The number of aromatic nitrogens is 1. The van der Waals surface area contributed by atoms with Crippen LogP contribution in [0.1, 0.15) is 23.7 Å². The van der Waals surface area contributed by atoms with E-state index in [-0.39, 0.29) is 23.7 Å². The molecule has 1 aliphatic heterocycles. The van der Waals surface area contributed by atoms with Gasteiger partial charge in [0.1, 0.15) is 29.7 Å². The van der Waals surface area contributed by atoms with Gasteiger partial charge < -0.3 is 15.2 Å². The van der Waals surface area contributed by atoms with Crippen molar-refractivity contribution in [3.63, 3.8) is 0 Å². The summed E-state index contributed by atoms with van der Waals surface area (Å²) in [5, 5.41) is 13.3. The van der Waals surface area contributed by atoms with E-state index in [2.05, 4.69) is 21.2 Å². The van der Waals surface area contributed by atoms with Crippen LogP contribution in [-0.4, -0.2) is 35.2 Å². The number of phenols is 1. The number of fused-ring (bicyclic) bond motifs is 1. The summed E-state index contributed by atoms with van der Waals surface area (Å²) in [5.74, 6) is 0.869. The maximum absolute atomic E-state index is 12.4. The van der Waals surface area contributed by atoms with Crippen LogP contribution < -0.4 is 20.9 Å². The largest absolute Gasteiger partial charge is 0.508 e. The highest BCUT2D eigenvalue weighted by Crippen LogP contribution is 2.25. The fourth-order valence-electron chi connectivity index (χ4n) is 3.45. The third kappa shape index (κ3) is 4.47. The number of hydrazine groups is 1. The van der Waals surface area contributed by atoms with Gasteiger partial charge in [0.05, 0.1) is 6.54 Å². The van der Waals surface area contributed by atoms with Crippen molar-refractivity contribution >= 4 is 16.8 Å². The molecule has 2 heterocycles. The first-order chi connectivity index (χ1) is 14.1. The Labute approximate surface area is 169 Å². The summed E-state index contributed by atoms with van der Waals surface area (Å²) < 4.78 is 5.85. The topological polar surface area (TPSA) is 95.5 Å². The lowest BCUT2D eigenvalue weighted by molar-refractivity contribution is -0.123. The van der Waals surface area contributed by atoms with Crippen molar-refractivity contribution in [2.24, 2.45) is 0 Å². The zero-order valence-corrected chi connectivity index (χ0v) is 16.2. The molecule has 2 atom stereocenters. The zero-order valence-electron chi connectivity index (χ0n) is 16.2. The molecular formula is C22H24N4O3. The number of rotatable bonds is 6. The Morgan fingerprint density at radius 3 is 2.83 bits per heavy atom. The molecule has 3 aromatic rings. The first-order valence-electron chi connectivity index (χ1n) is 9.67. The van der Waals surface area contributed by atoms with Crippen molar-refractivity contribution in [3.8, 4) is 11.5 Å². The average molecular weight is 392 g/mol. The van der Waals surface area contributed by atoms with Crippen molar-refractivity contribution in [2.45, 2.75) is 25.4 Å². The molecule has 0 saturated carbocycles. The Morgan fingerprint density at radius 2 is 2.00 bits per heavy atom. The molecule has 0 spiro atoms. The molecule has 1 saturated heterocycles. The summed E-state index contributed by atoms with van der Waals surface area (Å²) in [6.45, 7) is 2.72. The number of para-hydroxylation sites is 1. The van der Waals surface area contributed by atoms with Crippen molar-refractivity contribution in [2.75, 3.05) is 13.2 Å². The van der Waals surface area contributed by atoms with E-state index < -0.39 is 0 Å². The normalized spacial score (nSPS) is 18.7. The Hall–Kier alpha value is -3.16. The second-order valence-corrected chi connectivity index (χ2v) is 7.14. The van der Waals surface area contributed by atoms with Gasteiger partial charge in [-0.1, -0.05) is 30.3 Å². The van der Waals surface area contributed by atoms with Gasteiger partial charge in [0.25, 0.3) is 0 Å². The van der Waals surface area contributed by atoms with Gasteiger partial charge in [0.15, 0.2) is 0 Å². The molecule has 0 aliphatic carbocycles. The van der Waals surface area contributed by atoms with Crippen LogP contribution in [0.4, 0.5) is 0 Å². The lowest BCUT2D eigenvalue weighted by Gasteiger charge is -2.12. The van der Waals surface area contributed by atoms with Crippen LogP contribution in [0.15, 0.2) is 54.6 Å². The van der Waals surface area contributed by atoms with Gasteiger partial charge in [-0.25, -0.2) is 15.8 Å². The van der Waals surface area contributed by atoms with E-state index in [0.29, 0.717) is 25.3 Å². The zero-order chi connectivity index (χ0) is 20.2. The van der Waals surface area contributed by atoms with Gasteiger partial charge in [-0.2, -0.15) is 0 Å². The smallest absolute Gasteiger partial charge is 0.238 e. The molecule has 1 amide bonds. The van der Waals surface area contributed by atoms with Gasteiger partial charge in [0.2, 0.25) is 5.91 Å². The third-order valence-electron chi connectivity index (χ3n) is 5.00. The Kier molecular flexibility index (Phi) is 5.59. The minimum absolute atomic E-state index is 0.0209. The molecule has 7 nitrogen and oxygen atoms in total. The van der Waals surface area contributed by atoms with Crippen molar-refractivity contribution in [3.05, 3.63) is 65.9 Å². The number of ether oxygens (including phenoxy) is 1. The fraction of sp³-hybridized carbons (Fsp3) is 0.273. The number of phenolic OH excluding ortho intramolecular Hbond substituents is 1. The molecule has 150 valence electrons. The Morgan fingerprint density at radius 1 is 1.17 bits per heavy atom. The lowest BCUT2D eigenvalue weighted by Crippen LogP contribution is -2.44. The van der Waals surface area contributed by atoms with Crippen LogP contribution in [0, 0.1) is 6.92 Å². The summed E-state index contributed by atoms with van der Waals surface area (Å²) >= 11 is 0. The monoisotopic (exact) mass is 392 g/mol. The molecule has 2 aromatic carbocycles. The summed E-state index contributed by atoms with van der Waals surface area (Å²) in [4.78, 5) is 17.0. The summed E-state index contributed by atoms with van der Waals surface area (Å²) in [5.41, 5.74) is 8.95. The molecule has 7 heteroatoms. The predicted molar refractivity (Wildman–Crippen MR) is 111 cm³/mol. The molecule has 1 fully saturated rings. The Bertz CT molecular complexity index is 1010. The number of carbonyl (C=O) groups is 1. The number of benzene rings is 2. The second-order valence-electron chi connectivity index (χ2n) is 7.14. The van der Waals surface area contributed by atoms with Crippen LogP contribution in [-0.2, 0) is 4.79 Å². The summed E-state index contributed by atoms with van der Waals surface area (Å²) in [6.07, 6.45) is 0.629. The quantitative estimate of drug-likeness (QED) is 0.481. The van der Waals surface area contributed by atoms with Gasteiger partial charge in [-0.15, -0.1) is 0 Å². The van der Waals surface area contributed by atoms with Crippen molar-refractivity contribution in [1.82, 2.24) is 21.2 Å². The van der Waals surface area contributed by atoms with Crippen molar-refractivity contribution < 1.29 is 14.6 Å². The second kappa shape index (κ2) is 8.46. The minimum atomic E-state index is -0.323. The number of hydrogen-bond acceptors (Lipinski definition) is 6.